The zero-order valence-electron chi connectivity index (χ0n) is 15.2. The molecule has 7 heteroatoms. The van der Waals surface area contributed by atoms with Crippen LogP contribution in [0.15, 0.2) is 24.3 Å². The molecule has 1 aromatic rings. The molecule has 142 valence electrons. The topological polar surface area (TPSA) is 53.1 Å². The molecule has 1 aromatic carbocycles. The molecule has 6 nitrogen and oxygen atoms in total. The Morgan fingerprint density at radius 3 is 2.65 bits per heavy atom. The second-order valence-electron chi connectivity index (χ2n) is 6.88. The fourth-order valence-corrected chi connectivity index (χ4v) is 3.67. The highest BCUT2D eigenvalue weighted by atomic mass is 35.5. The van der Waals surface area contributed by atoms with Crippen molar-refractivity contribution >= 4 is 29.1 Å². The summed E-state index contributed by atoms with van der Waals surface area (Å²) in [5, 5.41) is 0.715. The van der Waals surface area contributed by atoms with Crippen LogP contribution < -0.4 is 4.90 Å². The minimum atomic E-state index is -0.0774. The van der Waals surface area contributed by atoms with Crippen LogP contribution >= 0.6 is 11.6 Å². The maximum atomic E-state index is 12.6. The van der Waals surface area contributed by atoms with E-state index in [0.717, 1.165) is 38.2 Å². The molecule has 1 unspecified atom stereocenters. The van der Waals surface area contributed by atoms with Gasteiger partial charge in [-0.3, -0.25) is 9.59 Å². The highest BCUT2D eigenvalue weighted by Crippen LogP contribution is 2.21. The number of carbonyl (C=O) groups is 2. The van der Waals surface area contributed by atoms with E-state index in [4.69, 9.17) is 16.3 Å². The second kappa shape index (κ2) is 8.73. The zero-order valence-corrected chi connectivity index (χ0v) is 16.0. The lowest BCUT2D eigenvalue weighted by Gasteiger charge is -2.37. The van der Waals surface area contributed by atoms with Gasteiger partial charge in [0, 0.05) is 57.0 Å². The minimum absolute atomic E-state index is 0.00365. The van der Waals surface area contributed by atoms with Gasteiger partial charge in [-0.1, -0.05) is 17.7 Å². The summed E-state index contributed by atoms with van der Waals surface area (Å²) in [6.07, 6.45) is 2.04. The van der Waals surface area contributed by atoms with Crippen molar-refractivity contribution in [2.75, 3.05) is 50.8 Å². The number of amides is 2. The van der Waals surface area contributed by atoms with Crippen molar-refractivity contribution in [2.24, 2.45) is 0 Å². The van der Waals surface area contributed by atoms with E-state index in [0.29, 0.717) is 24.7 Å². The van der Waals surface area contributed by atoms with Crippen LogP contribution in [0, 0.1) is 0 Å². The van der Waals surface area contributed by atoms with Crippen molar-refractivity contribution in [3.63, 3.8) is 0 Å². The molecule has 3 rings (SSSR count). The van der Waals surface area contributed by atoms with Crippen molar-refractivity contribution in [3.05, 3.63) is 29.3 Å². The molecule has 2 amide bonds. The van der Waals surface area contributed by atoms with Crippen molar-refractivity contribution < 1.29 is 14.3 Å². The molecule has 0 N–H and O–H groups in total. The van der Waals surface area contributed by atoms with Gasteiger partial charge in [-0.2, -0.15) is 0 Å². The fourth-order valence-electron chi connectivity index (χ4n) is 3.49. The molecular formula is C19H26ClN3O3. The van der Waals surface area contributed by atoms with Crippen LogP contribution in [0.2, 0.25) is 5.02 Å². The van der Waals surface area contributed by atoms with Crippen molar-refractivity contribution in [1.29, 1.82) is 0 Å². The van der Waals surface area contributed by atoms with Gasteiger partial charge in [0.25, 0.3) is 0 Å². The predicted octanol–water partition coefficient (Wildman–Crippen LogP) is 2.02. The molecule has 26 heavy (non-hydrogen) atoms. The van der Waals surface area contributed by atoms with E-state index in [9.17, 15) is 9.59 Å². The molecule has 0 spiro atoms. The van der Waals surface area contributed by atoms with Gasteiger partial charge in [-0.05, 0) is 31.0 Å². The summed E-state index contributed by atoms with van der Waals surface area (Å²) in [5.41, 5.74) is 1.08. The Morgan fingerprint density at radius 2 is 2.04 bits per heavy atom. The first-order valence-electron chi connectivity index (χ1n) is 9.18. The van der Waals surface area contributed by atoms with E-state index in [1.165, 1.54) is 6.92 Å². The third-order valence-corrected chi connectivity index (χ3v) is 5.26. The van der Waals surface area contributed by atoms with Crippen molar-refractivity contribution in [1.82, 2.24) is 9.80 Å². The summed E-state index contributed by atoms with van der Waals surface area (Å²) in [6.45, 7) is 5.72. The maximum Gasteiger partial charge on any atom is 0.242 e. The SMILES string of the molecule is CC(=O)N(CC(=O)N1CCN(c2cccc(Cl)c2)CC1)CC1CCCO1. The van der Waals surface area contributed by atoms with Gasteiger partial charge >= 0.3 is 0 Å². The number of halogens is 1. The summed E-state index contributed by atoms with van der Waals surface area (Å²) < 4.78 is 5.60. The van der Waals surface area contributed by atoms with Crippen LogP contribution in [-0.4, -0.2) is 73.6 Å². The molecule has 0 aromatic heterocycles. The lowest BCUT2D eigenvalue weighted by atomic mass is 10.2. The van der Waals surface area contributed by atoms with Gasteiger partial charge in [0.2, 0.25) is 11.8 Å². The van der Waals surface area contributed by atoms with E-state index < -0.39 is 0 Å². The first-order chi connectivity index (χ1) is 12.5. The highest BCUT2D eigenvalue weighted by molar-refractivity contribution is 6.30. The third kappa shape index (κ3) is 4.89. The van der Waals surface area contributed by atoms with Gasteiger partial charge in [-0.15, -0.1) is 0 Å². The number of hydrogen-bond acceptors (Lipinski definition) is 4. The molecule has 0 saturated carbocycles. The fraction of sp³-hybridized carbons (Fsp3) is 0.579. The van der Waals surface area contributed by atoms with Gasteiger partial charge < -0.3 is 19.4 Å². The van der Waals surface area contributed by atoms with Crippen LogP contribution in [0.25, 0.3) is 0 Å². The summed E-state index contributed by atoms with van der Waals surface area (Å²) in [7, 11) is 0. The molecule has 2 saturated heterocycles. The van der Waals surface area contributed by atoms with Crippen LogP contribution in [0.5, 0.6) is 0 Å². The van der Waals surface area contributed by atoms with Gasteiger partial charge in [-0.25, -0.2) is 0 Å². The molecule has 2 heterocycles. The highest BCUT2D eigenvalue weighted by Gasteiger charge is 2.26. The number of benzene rings is 1. The third-order valence-electron chi connectivity index (χ3n) is 5.03. The molecular weight excluding hydrogens is 354 g/mol. The average Bonchev–Trinajstić information content (AvgIpc) is 3.14. The number of rotatable bonds is 5. The van der Waals surface area contributed by atoms with Crippen molar-refractivity contribution in [2.45, 2.75) is 25.9 Å². The van der Waals surface area contributed by atoms with Gasteiger partial charge in [0.15, 0.2) is 0 Å². The number of hydrogen-bond donors (Lipinski definition) is 0. The zero-order chi connectivity index (χ0) is 18.5. The summed E-state index contributed by atoms with van der Waals surface area (Å²) in [6, 6.07) is 7.76. The molecule has 0 radical (unpaired) electrons. The first kappa shape index (κ1) is 19.0. The first-order valence-corrected chi connectivity index (χ1v) is 9.56. The average molecular weight is 380 g/mol. The summed E-state index contributed by atoms with van der Waals surface area (Å²) in [4.78, 5) is 30.2. The monoisotopic (exact) mass is 379 g/mol. The Bertz CT molecular complexity index is 641. The number of anilines is 1. The smallest absolute Gasteiger partial charge is 0.242 e. The van der Waals surface area contributed by atoms with Crippen LogP contribution in [-0.2, 0) is 14.3 Å². The standard InChI is InChI=1S/C19H26ClN3O3/c1-15(24)23(13-18-6-3-11-26-18)14-19(25)22-9-7-21(8-10-22)17-5-2-4-16(20)12-17/h2,4-5,12,18H,3,6-11,13-14H2,1H3. The van der Waals surface area contributed by atoms with Crippen molar-refractivity contribution in [3.8, 4) is 0 Å². The number of carbonyl (C=O) groups excluding carboxylic acids is 2. The Labute approximate surface area is 159 Å². The van der Waals surface area contributed by atoms with Crippen LogP contribution in [0.3, 0.4) is 0 Å². The Hall–Kier alpha value is -1.79. The van der Waals surface area contributed by atoms with E-state index >= 15 is 0 Å². The number of ether oxygens (including phenoxy) is 1. The second-order valence-corrected chi connectivity index (χ2v) is 7.32. The lowest BCUT2D eigenvalue weighted by molar-refractivity contribution is -0.140. The Kier molecular flexibility index (Phi) is 6.38. The molecule has 1 atom stereocenters. The molecule has 0 bridgehead atoms. The number of piperazine rings is 1. The van der Waals surface area contributed by atoms with E-state index in [1.807, 2.05) is 29.2 Å². The van der Waals surface area contributed by atoms with Gasteiger partial charge in [0.05, 0.1) is 12.6 Å². The largest absolute Gasteiger partial charge is 0.376 e. The maximum absolute atomic E-state index is 12.6. The quantitative estimate of drug-likeness (QED) is 0.785. The normalized spacial score (nSPS) is 20.3. The Balaban J connectivity index is 1.51. The Morgan fingerprint density at radius 1 is 1.27 bits per heavy atom. The lowest BCUT2D eigenvalue weighted by Crippen LogP contribution is -2.52. The van der Waals surface area contributed by atoms with E-state index in [2.05, 4.69) is 4.90 Å². The van der Waals surface area contributed by atoms with E-state index in [-0.39, 0.29) is 24.5 Å². The summed E-state index contributed by atoms with van der Waals surface area (Å²) in [5.74, 6) is -0.0737. The molecule has 2 aliphatic heterocycles. The molecule has 0 aliphatic carbocycles. The molecule has 2 fully saturated rings. The molecule has 2 aliphatic rings. The van der Waals surface area contributed by atoms with Crippen LogP contribution in [0.1, 0.15) is 19.8 Å². The van der Waals surface area contributed by atoms with E-state index in [1.54, 1.807) is 4.90 Å². The summed E-state index contributed by atoms with van der Waals surface area (Å²) >= 11 is 6.06. The number of nitrogens with zero attached hydrogens (tertiary/aromatic N) is 3. The minimum Gasteiger partial charge on any atom is -0.376 e. The van der Waals surface area contributed by atoms with Gasteiger partial charge in [0.1, 0.15) is 0 Å². The predicted molar refractivity (Wildman–Crippen MR) is 101 cm³/mol. The van der Waals surface area contributed by atoms with Crippen LogP contribution in [0.4, 0.5) is 5.69 Å².